The van der Waals surface area contributed by atoms with Crippen LogP contribution >= 0.6 is 11.3 Å². The minimum absolute atomic E-state index is 0.0857. The standard InChI is InChI=1S/C52H32N2S/c1-2-10-31(11-3-1)45-25-20-32-18-19-33-21-26-46(54-52(33)51(32)53-45)39-24-23-38(43-28-34-12-4-5-13-35(34)29-44(39)43)42-30-36-22-27-48-50(41-16-8-9-17-47(41)55-48)49(36)40-15-7-6-14-37(40)42/h1-30,45,53H. The lowest BCUT2D eigenvalue weighted by molar-refractivity contribution is 0.981. The second-order valence-electron chi connectivity index (χ2n) is 14.7. The molecule has 1 aliphatic rings. The Morgan fingerprint density at radius 2 is 1.15 bits per heavy atom. The van der Waals surface area contributed by atoms with Gasteiger partial charge in [-0.05, 0) is 102 Å². The molecule has 1 aliphatic heterocycles. The van der Waals surface area contributed by atoms with Gasteiger partial charge < -0.3 is 5.32 Å². The highest BCUT2D eigenvalue weighted by molar-refractivity contribution is 7.26. The molecular formula is C52H32N2S. The topological polar surface area (TPSA) is 24.9 Å². The summed E-state index contributed by atoms with van der Waals surface area (Å²) in [6, 6.07) is 62.5. The Bertz CT molecular complexity index is 3410. The summed E-state index contributed by atoms with van der Waals surface area (Å²) in [6.07, 6.45) is 4.47. The lowest BCUT2D eigenvalue weighted by Gasteiger charge is -2.24. The first-order valence-electron chi connectivity index (χ1n) is 18.9. The van der Waals surface area contributed by atoms with Gasteiger partial charge in [-0.1, -0.05) is 146 Å². The summed E-state index contributed by atoms with van der Waals surface area (Å²) in [5, 5.41) is 17.7. The van der Waals surface area contributed by atoms with E-state index < -0.39 is 0 Å². The number of pyridine rings is 1. The van der Waals surface area contributed by atoms with Crippen LogP contribution in [0.4, 0.5) is 5.69 Å². The van der Waals surface area contributed by atoms with E-state index in [1.807, 2.05) is 11.3 Å². The molecule has 0 aliphatic carbocycles. The summed E-state index contributed by atoms with van der Waals surface area (Å²) in [7, 11) is 0. The van der Waals surface area contributed by atoms with Gasteiger partial charge >= 0.3 is 0 Å². The number of fused-ring (bicyclic) bond motifs is 12. The lowest BCUT2D eigenvalue weighted by atomic mass is 9.87. The SMILES string of the molecule is C1=CC(c2ccccc2)Nc2c1ccc1ccc(-c3ccc(-c4cc5ccc6sc7ccccc7c6c5c5ccccc45)c4cc5ccccc5cc34)nc21. The number of benzene rings is 9. The number of hydrogen-bond donors (Lipinski definition) is 1. The molecule has 0 spiro atoms. The van der Waals surface area contributed by atoms with Crippen LogP contribution in [0.3, 0.4) is 0 Å². The molecular weight excluding hydrogens is 685 g/mol. The molecule has 0 saturated heterocycles. The molecule has 256 valence electrons. The van der Waals surface area contributed by atoms with Crippen molar-refractivity contribution in [1.29, 1.82) is 0 Å². The average molecular weight is 717 g/mol. The van der Waals surface area contributed by atoms with Crippen LogP contribution in [-0.2, 0) is 0 Å². The maximum absolute atomic E-state index is 5.46. The van der Waals surface area contributed by atoms with E-state index in [1.165, 1.54) is 80.0 Å². The smallest absolute Gasteiger partial charge is 0.0947 e. The van der Waals surface area contributed by atoms with Crippen LogP contribution in [0.5, 0.6) is 0 Å². The van der Waals surface area contributed by atoms with Gasteiger partial charge in [-0.3, -0.25) is 0 Å². The molecule has 1 unspecified atom stereocenters. The molecule has 0 amide bonds. The molecule has 1 N–H and O–H groups in total. The summed E-state index contributed by atoms with van der Waals surface area (Å²) in [4.78, 5) is 5.46. The number of thiophene rings is 1. The molecule has 2 nitrogen and oxygen atoms in total. The molecule has 0 bridgehead atoms. The fourth-order valence-electron chi connectivity index (χ4n) is 9.03. The van der Waals surface area contributed by atoms with Gasteiger partial charge in [0.2, 0.25) is 0 Å². The lowest BCUT2D eigenvalue weighted by Crippen LogP contribution is -2.12. The molecule has 0 radical (unpaired) electrons. The number of rotatable bonds is 3. The fourth-order valence-corrected chi connectivity index (χ4v) is 10.1. The molecule has 11 aromatic rings. The largest absolute Gasteiger partial charge is 0.372 e. The highest BCUT2D eigenvalue weighted by atomic mass is 32.1. The Kier molecular flexibility index (Phi) is 6.60. The minimum atomic E-state index is 0.0857. The monoisotopic (exact) mass is 716 g/mol. The van der Waals surface area contributed by atoms with Crippen molar-refractivity contribution in [2.45, 2.75) is 6.04 Å². The van der Waals surface area contributed by atoms with E-state index in [9.17, 15) is 0 Å². The van der Waals surface area contributed by atoms with Crippen LogP contribution < -0.4 is 5.32 Å². The predicted octanol–water partition coefficient (Wildman–Crippen LogP) is 14.7. The van der Waals surface area contributed by atoms with Gasteiger partial charge in [-0.25, -0.2) is 4.98 Å². The van der Waals surface area contributed by atoms with Gasteiger partial charge in [0, 0.05) is 31.1 Å². The predicted molar refractivity (Wildman–Crippen MR) is 237 cm³/mol. The molecule has 2 aromatic heterocycles. The normalized spacial score (nSPS) is 14.1. The van der Waals surface area contributed by atoms with E-state index in [4.69, 9.17) is 4.98 Å². The van der Waals surface area contributed by atoms with Crippen LogP contribution in [0.25, 0.3) is 103 Å². The Hall–Kier alpha value is -6.81. The molecule has 1 atom stereocenters. The van der Waals surface area contributed by atoms with Crippen molar-refractivity contribution in [3.8, 4) is 22.4 Å². The average Bonchev–Trinajstić information content (AvgIpc) is 3.64. The zero-order valence-corrected chi connectivity index (χ0v) is 30.6. The molecule has 0 saturated carbocycles. The fraction of sp³-hybridized carbons (Fsp3) is 0.0192. The first-order valence-corrected chi connectivity index (χ1v) is 19.7. The van der Waals surface area contributed by atoms with Crippen molar-refractivity contribution in [3.63, 3.8) is 0 Å². The summed E-state index contributed by atoms with van der Waals surface area (Å²) in [6.45, 7) is 0. The Morgan fingerprint density at radius 1 is 0.455 bits per heavy atom. The van der Waals surface area contributed by atoms with Crippen molar-refractivity contribution in [2.75, 3.05) is 5.32 Å². The number of aromatic nitrogens is 1. The first-order chi connectivity index (χ1) is 27.2. The van der Waals surface area contributed by atoms with Gasteiger partial charge in [0.05, 0.1) is 22.9 Å². The van der Waals surface area contributed by atoms with Crippen LogP contribution in [0.15, 0.2) is 176 Å². The summed E-state index contributed by atoms with van der Waals surface area (Å²) >= 11 is 1.88. The van der Waals surface area contributed by atoms with Crippen LogP contribution in [-0.4, -0.2) is 4.98 Å². The number of hydrogen-bond acceptors (Lipinski definition) is 3. The van der Waals surface area contributed by atoms with Crippen molar-refractivity contribution in [2.24, 2.45) is 0 Å². The van der Waals surface area contributed by atoms with Crippen molar-refractivity contribution < 1.29 is 0 Å². The van der Waals surface area contributed by atoms with E-state index >= 15 is 0 Å². The van der Waals surface area contributed by atoms with E-state index in [0.717, 1.165) is 33.4 Å². The Labute approximate surface area is 321 Å². The molecule has 55 heavy (non-hydrogen) atoms. The second kappa shape index (κ2) is 11.8. The van der Waals surface area contributed by atoms with E-state index in [2.05, 4.69) is 187 Å². The van der Waals surface area contributed by atoms with Crippen LogP contribution in [0, 0.1) is 0 Å². The van der Waals surface area contributed by atoms with E-state index in [-0.39, 0.29) is 6.04 Å². The third-order valence-corrected chi connectivity index (χ3v) is 12.8. The third kappa shape index (κ3) is 4.70. The van der Waals surface area contributed by atoms with Crippen molar-refractivity contribution in [1.82, 2.24) is 4.98 Å². The number of nitrogens with one attached hydrogen (secondary N) is 1. The number of nitrogens with zero attached hydrogens (tertiary/aromatic N) is 1. The summed E-state index contributed by atoms with van der Waals surface area (Å²) < 4.78 is 2.66. The van der Waals surface area contributed by atoms with Gasteiger partial charge in [0.15, 0.2) is 0 Å². The number of anilines is 1. The zero-order valence-electron chi connectivity index (χ0n) is 29.8. The molecule has 3 heterocycles. The molecule has 9 aromatic carbocycles. The van der Waals surface area contributed by atoms with Gasteiger partial charge in [-0.15, -0.1) is 11.3 Å². The second-order valence-corrected chi connectivity index (χ2v) is 15.8. The highest BCUT2D eigenvalue weighted by Crippen LogP contribution is 2.46. The maximum atomic E-state index is 5.46. The van der Waals surface area contributed by atoms with Gasteiger partial charge in [-0.2, -0.15) is 0 Å². The quantitative estimate of drug-likeness (QED) is 0.145. The minimum Gasteiger partial charge on any atom is -0.372 e. The third-order valence-electron chi connectivity index (χ3n) is 11.6. The van der Waals surface area contributed by atoms with E-state index in [0.29, 0.717) is 0 Å². The molecule has 0 fully saturated rings. The summed E-state index contributed by atoms with van der Waals surface area (Å²) in [5.41, 5.74) is 9.04. The molecule has 3 heteroatoms. The maximum Gasteiger partial charge on any atom is 0.0947 e. The Morgan fingerprint density at radius 3 is 2.00 bits per heavy atom. The zero-order chi connectivity index (χ0) is 36.0. The van der Waals surface area contributed by atoms with E-state index in [1.54, 1.807) is 0 Å². The molecule has 12 rings (SSSR count). The van der Waals surface area contributed by atoms with Gasteiger partial charge in [0.25, 0.3) is 0 Å². The van der Waals surface area contributed by atoms with Crippen molar-refractivity contribution >= 4 is 97.3 Å². The van der Waals surface area contributed by atoms with Crippen molar-refractivity contribution in [3.05, 3.63) is 187 Å². The first kappa shape index (κ1) is 30.6. The van der Waals surface area contributed by atoms with Crippen LogP contribution in [0.2, 0.25) is 0 Å². The highest BCUT2D eigenvalue weighted by Gasteiger charge is 2.20. The Balaban J connectivity index is 1.09. The van der Waals surface area contributed by atoms with Crippen LogP contribution in [0.1, 0.15) is 17.2 Å². The summed E-state index contributed by atoms with van der Waals surface area (Å²) in [5.74, 6) is 0. The van der Waals surface area contributed by atoms with Gasteiger partial charge in [0.1, 0.15) is 0 Å².